The largest absolute Gasteiger partial charge is 0.482 e. The van der Waals surface area contributed by atoms with Crippen LogP contribution in [0.1, 0.15) is 18.4 Å². The molecule has 6 heteroatoms. The van der Waals surface area contributed by atoms with E-state index in [1.165, 1.54) is 0 Å². The number of ether oxygens (including phenoxy) is 1. The molecule has 0 aliphatic rings. The van der Waals surface area contributed by atoms with Crippen LogP contribution in [0.2, 0.25) is 0 Å². The molecule has 1 aromatic carbocycles. The summed E-state index contributed by atoms with van der Waals surface area (Å²) >= 11 is 0. The quantitative estimate of drug-likeness (QED) is 0.620. The van der Waals surface area contributed by atoms with Crippen LogP contribution in [0.4, 0.5) is 0 Å². The molecule has 0 unspecified atom stereocenters. The monoisotopic (exact) mass is 250 g/mol. The Morgan fingerprint density at radius 2 is 1.83 bits per heavy atom. The minimum absolute atomic E-state index is 0.135. The highest BCUT2D eigenvalue weighted by Gasteiger charge is 2.05. The third kappa shape index (κ3) is 4.65. The van der Waals surface area contributed by atoms with Gasteiger partial charge in [0.05, 0.1) is 0 Å². The molecule has 1 amide bonds. The second kappa shape index (κ2) is 6.39. The van der Waals surface area contributed by atoms with Gasteiger partial charge in [-0.1, -0.05) is 0 Å². The van der Waals surface area contributed by atoms with E-state index in [1.807, 2.05) is 0 Å². The van der Waals surface area contributed by atoms with E-state index >= 15 is 0 Å². The second-order valence-corrected chi connectivity index (χ2v) is 3.65. The molecule has 6 nitrogen and oxygen atoms in total. The Morgan fingerprint density at radius 3 is 2.33 bits per heavy atom. The standard InChI is InChI=1S/C12H14N2O4/c13-10(5-6-11(14)15)8-1-3-9(4-2-8)18-7-12(16)17/h1-4,13H,5-7H2,(H2,14,15)(H,16,17). The maximum absolute atomic E-state index is 10.6. The molecule has 96 valence electrons. The fourth-order valence-electron chi connectivity index (χ4n) is 1.29. The Hall–Kier alpha value is -2.37. The maximum Gasteiger partial charge on any atom is 0.341 e. The van der Waals surface area contributed by atoms with Crippen LogP contribution in [-0.2, 0) is 9.59 Å². The normalized spacial score (nSPS) is 9.78. The van der Waals surface area contributed by atoms with Gasteiger partial charge in [0.2, 0.25) is 5.91 Å². The highest BCUT2D eigenvalue weighted by atomic mass is 16.5. The first kappa shape index (κ1) is 13.7. The molecular formula is C12H14N2O4. The van der Waals surface area contributed by atoms with E-state index in [0.29, 0.717) is 17.0 Å². The number of hydrogen-bond donors (Lipinski definition) is 3. The van der Waals surface area contributed by atoms with Gasteiger partial charge in [-0.3, -0.25) is 4.79 Å². The highest BCUT2D eigenvalue weighted by Crippen LogP contribution is 2.13. The molecule has 0 spiro atoms. The zero-order chi connectivity index (χ0) is 13.5. The Bertz CT molecular complexity index is 454. The summed E-state index contributed by atoms with van der Waals surface area (Å²) in [4.78, 5) is 20.9. The van der Waals surface area contributed by atoms with Crippen molar-refractivity contribution in [2.24, 2.45) is 5.73 Å². The van der Waals surface area contributed by atoms with Gasteiger partial charge in [-0.15, -0.1) is 0 Å². The van der Waals surface area contributed by atoms with E-state index < -0.39 is 18.5 Å². The van der Waals surface area contributed by atoms with Gasteiger partial charge in [-0.2, -0.15) is 0 Å². The first-order chi connectivity index (χ1) is 8.49. The first-order valence-electron chi connectivity index (χ1n) is 5.30. The number of carbonyl (C=O) groups excluding carboxylic acids is 1. The maximum atomic E-state index is 10.6. The van der Waals surface area contributed by atoms with E-state index in [1.54, 1.807) is 24.3 Å². The fraction of sp³-hybridized carbons (Fsp3) is 0.250. The van der Waals surface area contributed by atoms with Crippen LogP contribution in [0.5, 0.6) is 5.75 Å². The number of carbonyl (C=O) groups is 2. The van der Waals surface area contributed by atoms with Crippen molar-refractivity contribution in [3.05, 3.63) is 29.8 Å². The summed E-state index contributed by atoms with van der Waals surface area (Å²) in [5, 5.41) is 16.2. The van der Waals surface area contributed by atoms with Crippen molar-refractivity contribution in [1.29, 1.82) is 5.41 Å². The predicted octanol–water partition coefficient (Wildman–Crippen LogP) is 0.783. The van der Waals surface area contributed by atoms with E-state index in [0.717, 1.165) is 0 Å². The lowest BCUT2D eigenvalue weighted by molar-refractivity contribution is -0.139. The number of nitrogens with two attached hydrogens (primary N) is 1. The third-order valence-corrected chi connectivity index (χ3v) is 2.19. The molecule has 0 aromatic heterocycles. The second-order valence-electron chi connectivity index (χ2n) is 3.65. The average molecular weight is 250 g/mol. The van der Waals surface area contributed by atoms with E-state index in [-0.39, 0.29) is 12.8 Å². The number of carboxylic acid groups (broad SMARTS) is 1. The highest BCUT2D eigenvalue weighted by molar-refractivity contribution is 5.99. The van der Waals surface area contributed by atoms with Crippen molar-refractivity contribution >= 4 is 17.6 Å². The van der Waals surface area contributed by atoms with Crippen molar-refractivity contribution in [3.8, 4) is 5.75 Å². The molecule has 18 heavy (non-hydrogen) atoms. The lowest BCUT2D eigenvalue weighted by atomic mass is 10.1. The average Bonchev–Trinajstić information content (AvgIpc) is 2.34. The van der Waals surface area contributed by atoms with Crippen molar-refractivity contribution in [2.45, 2.75) is 12.8 Å². The summed E-state index contributed by atoms with van der Waals surface area (Å²) in [6.45, 7) is -0.404. The number of rotatable bonds is 7. The summed E-state index contributed by atoms with van der Waals surface area (Å²) in [6, 6.07) is 6.44. The number of primary amides is 1. The molecule has 0 saturated heterocycles. The van der Waals surface area contributed by atoms with E-state index in [4.69, 9.17) is 21.0 Å². The van der Waals surface area contributed by atoms with E-state index in [9.17, 15) is 9.59 Å². The number of hydrogen-bond acceptors (Lipinski definition) is 4. The number of benzene rings is 1. The minimum atomic E-state index is -1.05. The molecule has 0 atom stereocenters. The van der Waals surface area contributed by atoms with Crippen LogP contribution in [0.15, 0.2) is 24.3 Å². The lowest BCUT2D eigenvalue weighted by Gasteiger charge is -2.05. The molecule has 0 radical (unpaired) electrons. The zero-order valence-electron chi connectivity index (χ0n) is 9.68. The summed E-state index contributed by atoms with van der Waals surface area (Å²) in [6.07, 6.45) is 0.417. The fourth-order valence-corrected chi connectivity index (χ4v) is 1.29. The van der Waals surface area contributed by atoms with Crippen LogP contribution >= 0.6 is 0 Å². The Labute approximate surface area is 104 Å². The van der Waals surface area contributed by atoms with Gasteiger partial charge in [0.15, 0.2) is 6.61 Å². The SMILES string of the molecule is N=C(CCC(N)=O)c1ccc(OCC(=O)O)cc1. The Morgan fingerprint density at radius 1 is 1.22 bits per heavy atom. The van der Waals surface area contributed by atoms with Gasteiger partial charge in [-0.05, 0) is 36.2 Å². The topological polar surface area (TPSA) is 113 Å². The van der Waals surface area contributed by atoms with Crippen molar-refractivity contribution < 1.29 is 19.4 Å². The summed E-state index contributed by atoms with van der Waals surface area (Å²) in [7, 11) is 0. The van der Waals surface area contributed by atoms with Crippen LogP contribution in [0.3, 0.4) is 0 Å². The van der Waals surface area contributed by atoms with Gasteiger partial charge in [-0.25, -0.2) is 4.79 Å². The summed E-state index contributed by atoms with van der Waals surface area (Å²) < 4.78 is 4.96. The molecule has 0 heterocycles. The molecular weight excluding hydrogens is 236 g/mol. The van der Waals surface area contributed by atoms with Crippen LogP contribution in [0.25, 0.3) is 0 Å². The van der Waals surface area contributed by atoms with Crippen molar-refractivity contribution in [1.82, 2.24) is 0 Å². The summed E-state index contributed by atoms with van der Waals surface area (Å²) in [5.41, 5.74) is 5.96. The molecule has 0 fully saturated rings. The molecule has 1 rings (SSSR count). The Balaban J connectivity index is 2.56. The molecule has 0 aliphatic carbocycles. The van der Waals surface area contributed by atoms with Gasteiger partial charge in [0.1, 0.15) is 5.75 Å². The molecule has 1 aromatic rings. The van der Waals surface area contributed by atoms with Gasteiger partial charge < -0.3 is 21.0 Å². The first-order valence-corrected chi connectivity index (χ1v) is 5.30. The van der Waals surface area contributed by atoms with E-state index in [2.05, 4.69) is 0 Å². The molecule has 4 N–H and O–H groups in total. The lowest BCUT2D eigenvalue weighted by Crippen LogP contribution is -2.13. The third-order valence-electron chi connectivity index (χ3n) is 2.19. The summed E-state index contributed by atoms with van der Waals surface area (Å²) in [5.74, 6) is -1.07. The van der Waals surface area contributed by atoms with Crippen molar-refractivity contribution in [3.63, 3.8) is 0 Å². The number of amides is 1. The molecule has 0 aliphatic heterocycles. The van der Waals surface area contributed by atoms with Crippen LogP contribution in [-0.4, -0.2) is 29.3 Å². The number of carboxylic acids is 1. The van der Waals surface area contributed by atoms with Crippen LogP contribution in [0, 0.1) is 5.41 Å². The smallest absolute Gasteiger partial charge is 0.341 e. The minimum Gasteiger partial charge on any atom is -0.482 e. The molecule has 0 saturated carbocycles. The van der Waals surface area contributed by atoms with Gasteiger partial charge in [0.25, 0.3) is 0 Å². The zero-order valence-corrected chi connectivity index (χ0v) is 9.68. The molecule has 0 bridgehead atoms. The van der Waals surface area contributed by atoms with Gasteiger partial charge >= 0.3 is 5.97 Å². The predicted molar refractivity (Wildman–Crippen MR) is 64.8 cm³/mol. The number of nitrogens with one attached hydrogen (secondary N) is 1. The van der Waals surface area contributed by atoms with Crippen molar-refractivity contribution in [2.75, 3.05) is 6.61 Å². The Kier molecular flexibility index (Phi) is 4.86. The van der Waals surface area contributed by atoms with Gasteiger partial charge in [0, 0.05) is 12.1 Å². The number of aliphatic carboxylic acids is 1. The van der Waals surface area contributed by atoms with Crippen LogP contribution < -0.4 is 10.5 Å².